The molecule has 0 bridgehead atoms. The number of halogens is 1. The van der Waals surface area contributed by atoms with Gasteiger partial charge in [0, 0.05) is 28.9 Å². The van der Waals surface area contributed by atoms with E-state index in [2.05, 4.69) is 15.6 Å². The fourth-order valence-electron chi connectivity index (χ4n) is 2.56. The number of aromatic nitrogens is 1. The first-order valence-corrected chi connectivity index (χ1v) is 8.43. The molecule has 3 aromatic rings. The van der Waals surface area contributed by atoms with E-state index in [1.54, 1.807) is 37.4 Å². The Morgan fingerprint density at radius 3 is 2.65 bits per heavy atom. The number of H-pyrrole nitrogens is 1. The van der Waals surface area contributed by atoms with Crippen molar-refractivity contribution in [3.8, 4) is 5.75 Å². The van der Waals surface area contributed by atoms with Crippen molar-refractivity contribution in [1.29, 1.82) is 0 Å². The summed E-state index contributed by atoms with van der Waals surface area (Å²) in [6.07, 6.45) is 0.422. The molecule has 1 aromatic heterocycles. The molecule has 3 rings (SSSR count). The molecule has 0 spiro atoms. The van der Waals surface area contributed by atoms with Crippen LogP contribution in [0.1, 0.15) is 5.56 Å². The zero-order valence-electron chi connectivity index (χ0n) is 14.1. The highest BCUT2D eigenvalue weighted by atomic mass is 35.5. The predicted molar refractivity (Wildman–Crippen MR) is 103 cm³/mol. The maximum Gasteiger partial charge on any atom is 0.319 e. The van der Waals surface area contributed by atoms with Gasteiger partial charge in [-0.1, -0.05) is 11.6 Å². The summed E-state index contributed by atoms with van der Waals surface area (Å²) in [7, 11) is 1.58. The Kier molecular flexibility index (Phi) is 5.43. The van der Waals surface area contributed by atoms with Crippen molar-refractivity contribution in [3.05, 3.63) is 69.5 Å². The Morgan fingerprint density at radius 1 is 1.15 bits per heavy atom. The minimum Gasteiger partial charge on any atom is -0.497 e. The molecule has 1 heterocycles. The number of anilines is 1. The molecule has 0 atom stereocenters. The summed E-state index contributed by atoms with van der Waals surface area (Å²) in [5.41, 5.74) is 1.79. The summed E-state index contributed by atoms with van der Waals surface area (Å²) in [6.45, 7) is 0.337. The van der Waals surface area contributed by atoms with Crippen molar-refractivity contribution >= 4 is 34.2 Å². The summed E-state index contributed by atoms with van der Waals surface area (Å²) in [4.78, 5) is 26.9. The molecule has 26 heavy (non-hydrogen) atoms. The SMILES string of the molecule is COc1ccc2cc(CCNC(=O)Nc3ccc(Cl)cc3)c(=O)[nH]c2c1. The Balaban J connectivity index is 1.60. The van der Waals surface area contributed by atoms with Gasteiger partial charge in [0.15, 0.2) is 0 Å². The Hall–Kier alpha value is -2.99. The fourth-order valence-corrected chi connectivity index (χ4v) is 2.68. The second-order valence-electron chi connectivity index (χ2n) is 5.71. The van der Waals surface area contributed by atoms with E-state index in [-0.39, 0.29) is 11.6 Å². The van der Waals surface area contributed by atoms with Gasteiger partial charge in [-0.05, 0) is 54.3 Å². The third-order valence-corrected chi connectivity index (χ3v) is 4.16. The molecule has 0 radical (unpaired) electrons. The number of aromatic amines is 1. The highest BCUT2D eigenvalue weighted by molar-refractivity contribution is 6.30. The van der Waals surface area contributed by atoms with Crippen molar-refractivity contribution in [1.82, 2.24) is 10.3 Å². The van der Waals surface area contributed by atoms with E-state index in [9.17, 15) is 9.59 Å². The first-order valence-electron chi connectivity index (χ1n) is 8.05. The van der Waals surface area contributed by atoms with Crippen LogP contribution in [-0.4, -0.2) is 24.7 Å². The number of nitrogens with one attached hydrogen (secondary N) is 3. The van der Waals surface area contributed by atoms with Crippen LogP contribution in [0.15, 0.2) is 53.3 Å². The third-order valence-electron chi connectivity index (χ3n) is 3.91. The molecule has 0 aliphatic carbocycles. The number of hydrogen-bond donors (Lipinski definition) is 3. The van der Waals surface area contributed by atoms with Gasteiger partial charge in [-0.2, -0.15) is 0 Å². The molecule has 0 unspecified atom stereocenters. The van der Waals surface area contributed by atoms with Crippen LogP contribution in [0.3, 0.4) is 0 Å². The van der Waals surface area contributed by atoms with Crippen LogP contribution < -0.4 is 20.9 Å². The molecule has 0 aliphatic rings. The smallest absolute Gasteiger partial charge is 0.319 e. The van der Waals surface area contributed by atoms with E-state index >= 15 is 0 Å². The third kappa shape index (κ3) is 4.34. The number of carbonyl (C=O) groups excluding carboxylic acids is 1. The number of benzene rings is 2. The molecule has 0 saturated carbocycles. The van der Waals surface area contributed by atoms with E-state index < -0.39 is 0 Å². The average Bonchev–Trinajstić information content (AvgIpc) is 2.63. The molecule has 0 saturated heterocycles. The minimum absolute atomic E-state index is 0.175. The Labute approximate surface area is 155 Å². The van der Waals surface area contributed by atoms with Gasteiger partial charge in [0.05, 0.1) is 12.6 Å². The van der Waals surface area contributed by atoms with Gasteiger partial charge in [-0.3, -0.25) is 4.79 Å². The lowest BCUT2D eigenvalue weighted by molar-refractivity contribution is 0.252. The van der Waals surface area contributed by atoms with Crippen LogP contribution >= 0.6 is 11.6 Å². The Morgan fingerprint density at radius 2 is 1.92 bits per heavy atom. The second-order valence-corrected chi connectivity index (χ2v) is 6.15. The van der Waals surface area contributed by atoms with E-state index in [1.165, 1.54) is 0 Å². The molecular formula is C19H18ClN3O3. The van der Waals surface area contributed by atoms with Crippen molar-refractivity contribution in [2.24, 2.45) is 0 Å². The largest absolute Gasteiger partial charge is 0.497 e. The second kappa shape index (κ2) is 7.93. The number of carbonyl (C=O) groups is 1. The molecule has 2 amide bonds. The lowest BCUT2D eigenvalue weighted by Crippen LogP contribution is -2.31. The van der Waals surface area contributed by atoms with Crippen LogP contribution in [0.25, 0.3) is 10.9 Å². The highest BCUT2D eigenvalue weighted by Gasteiger charge is 2.06. The molecule has 0 fully saturated rings. The number of ether oxygens (including phenoxy) is 1. The highest BCUT2D eigenvalue weighted by Crippen LogP contribution is 2.18. The van der Waals surface area contributed by atoms with Crippen molar-refractivity contribution in [2.45, 2.75) is 6.42 Å². The lowest BCUT2D eigenvalue weighted by atomic mass is 10.1. The van der Waals surface area contributed by atoms with Gasteiger partial charge in [0.25, 0.3) is 5.56 Å². The summed E-state index contributed by atoms with van der Waals surface area (Å²) >= 11 is 5.80. The molecule has 3 N–H and O–H groups in total. The summed E-state index contributed by atoms with van der Waals surface area (Å²) in [5, 5.41) is 6.95. The van der Waals surface area contributed by atoms with Crippen LogP contribution in [0.5, 0.6) is 5.75 Å². The maximum atomic E-state index is 12.2. The Bertz CT molecular complexity index is 983. The first kappa shape index (κ1) is 17.8. The first-order chi connectivity index (χ1) is 12.5. The van der Waals surface area contributed by atoms with Crippen LogP contribution in [0.4, 0.5) is 10.5 Å². The van der Waals surface area contributed by atoms with Crippen LogP contribution in [-0.2, 0) is 6.42 Å². The number of methoxy groups -OCH3 is 1. The summed E-state index contributed by atoms with van der Waals surface area (Å²) in [5.74, 6) is 0.682. The number of rotatable bonds is 5. The molecular weight excluding hydrogens is 354 g/mol. The van der Waals surface area contributed by atoms with E-state index in [0.717, 1.165) is 5.39 Å². The molecule has 134 valence electrons. The maximum absolute atomic E-state index is 12.2. The van der Waals surface area contributed by atoms with Gasteiger partial charge < -0.3 is 20.4 Å². The quantitative estimate of drug-likeness (QED) is 0.641. The predicted octanol–water partition coefficient (Wildman–Crippen LogP) is 3.55. The summed E-state index contributed by atoms with van der Waals surface area (Å²) in [6, 6.07) is 13.8. The molecule has 0 aliphatic heterocycles. The van der Waals surface area contributed by atoms with Crippen LogP contribution in [0, 0.1) is 0 Å². The number of urea groups is 1. The molecule has 6 nitrogen and oxygen atoms in total. The minimum atomic E-state index is -0.339. The molecule has 7 heteroatoms. The number of amides is 2. The zero-order valence-corrected chi connectivity index (χ0v) is 14.9. The van der Waals surface area contributed by atoms with Gasteiger partial charge in [-0.25, -0.2) is 4.79 Å². The summed E-state index contributed by atoms with van der Waals surface area (Å²) < 4.78 is 5.16. The number of fused-ring (bicyclic) bond motifs is 1. The van der Waals surface area contributed by atoms with Crippen molar-refractivity contribution in [2.75, 3.05) is 19.0 Å². The van der Waals surface area contributed by atoms with E-state index in [1.807, 2.05) is 18.2 Å². The fraction of sp³-hybridized carbons (Fsp3) is 0.158. The van der Waals surface area contributed by atoms with E-state index in [4.69, 9.17) is 16.3 Å². The number of hydrogen-bond acceptors (Lipinski definition) is 3. The van der Waals surface area contributed by atoms with Gasteiger partial charge in [0.1, 0.15) is 5.75 Å². The number of pyridine rings is 1. The van der Waals surface area contributed by atoms with Gasteiger partial charge in [-0.15, -0.1) is 0 Å². The normalized spacial score (nSPS) is 10.5. The molecule has 2 aromatic carbocycles. The van der Waals surface area contributed by atoms with Gasteiger partial charge >= 0.3 is 6.03 Å². The lowest BCUT2D eigenvalue weighted by Gasteiger charge is -2.08. The average molecular weight is 372 g/mol. The van der Waals surface area contributed by atoms with Gasteiger partial charge in [0.2, 0.25) is 0 Å². The van der Waals surface area contributed by atoms with Crippen molar-refractivity contribution < 1.29 is 9.53 Å². The van der Waals surface area contributed by atoms with Crippen LogP contribution in [0.2, 0.25) is 5.02 Å². The topological polar surface area (TPSA) is 83.2 Å². The standard InChI is InChI=1S/C19H18ClN3O3/c1-26-16-7-2-12-10-13(18(24)23-17(12)11-16)8-9-21-19(25)22-15-5-3-14(20)4-6-15/h2-7,10-11H,8-9H2,1H3,(H,23,24)(H2,21,22,25). The zero-order chi connectivity index (χ0) is 18.5. The monoisotopic (exact) mass is 371 g/mol. The van der Waals surface area contributed by atoms with Crippen molar-refractivity contribution in [3.63, 3.8) is 0 Å². The van der Waals surface area contributed by atoms with E-state index in [0.29, 0.717) is 40.5 Å².